The highest BCUT2D eigenvalue weighted by atomic mass is 127. The molecule has 0 amide bonds. The van der Waals surface area contributed by atoms with Gasteiger partial charge < -0.3 is 9.47 Å². The summed E-state index contributed by atoms with van der Waals surface area (Å²) in [6.07, 6.45) is 1.97. The molecule has 2 nitrogen and oxygen atoms in total. The van der Waals surface area contributed by atoms with Crippen LogP contribution in [0, 0.1) is 3.57 Å². The Hall–Kier alpha value is -0.130. The maximum Gasteiger partial charge on any atom is 0.169 e. The minimum Gasteiger partial charge on any atom is -0.344 e. The molecule has 0 bridgehead atoms. The van der Waals surface area contributed by atoms with Gasteiger partial charge in [0, 0.05) is 3.57 Å². The third kappa shape index (κ3) is 2.51. The lowest BCUT2D eigenvalue weighted by molar-refractivity contribution is -0.178. The average molecular weight is 346 g/mol. The first-order chi connectivity index (χ1) is 8.12. The van der Waals surface area contributed by atoms with Crippen LogP contribution in [0.3, 0.4) is 0 Å². The fraction of sp³-hybridized carbons (Fsp3) is 0.571. The van der Waals surface area contributed by atoms with Gasteiger partial charge in [-0.15, -0.1) is 0 Å². The Bertz CT molecular complexity index is 388. The third-order valence-electron chi connectivity index (χ3n) is 3.46. The van der Waals surface area contributed by atoms with Crippen molar-refractivity contribution in [2.75, 3.05) is 0 Å². The van der Waals surface area contributed by atoms with E-state index in [1.54, 1.807) is 0 Å². The van der Waals surface area contributed by atoms with Crippen molar-refractivity contribution in [3.63, 3.8) is 0 Å². The minimum absolute atomic E-state index is 0.0583. The zero-order valence-corrected chi connectivity index (χ0v) is 12.7. The second-order valence-electron chi connectivity index (χ2n) is 4.50. The number of benzene rings is 1. The van der Waals surface area contributed by atoms with Gasteiger partial charge in [-0.05, 0) is 54.0 Å². The van der Waals surface area contributed by atoms with E-state index in [4.69, 9.17) is 9.47 Å². The molecule has 0 spiro atoms. The molecule has 94 valence electrons. The number of hydrogen-bond donors (Lipinski definition) is 0. The summed E-state index contributed by atoms with van der Waals surface area (Å²) in [6.45, 7) is 6.34. The predicted octanol–water partition coefficient (Wildman–Crippen LogP) is 4.28. The molecule has 3 heteroatoms. The van der Waals surface area contributed by atoms with Crippen LogP contribution < -0.4 is 0 Å². The van der Waals surface area contributed by atoms with Crippen molar-refractivity contribution in [3.05, 3.63) is 33.4 Å². The zero-order chi connectivity index (χ0) is 12.5. The summed E-state index contributed by atoms with van der Waals surface area (Å²) in [6, 6.07) is 8.36. The van der Waals surface area contributed by atoms with Crippen LogP contribution >= 0.6 is 22.6 Å². The lowest BCUT2D eigenvalue weighted by Gasteiger charge is -2.25. The first-order valence-electron chi connectivity index (χ1n) is 6.22. The van der Waals surface area contributed by atoms with Crippen molar-refractivity contribution < 1.29 is 9.47 Å². The molecule has 0 aliphatic carbocycles. The van der Waals surface area contributed by atoms with Gasteiger partial charge in [0.1, 0.15) is 6.10 Å². The number of hydrogen-bond acceptors (Lipinski definition) is 2. The molecule has 0 aromatic heterocycles. The van der Waals surface area contributed by atoms with Crippen LogP contribution in [0.4, 0.5) is 0 Å². The highest BCUT2D eigenvalue weighted by Crippen LogP contribution is 2.42. The average Bonchev–Trinajstić information content (AvgIpc) is 2.68. The van der Waals surface area contributed by atoms with Crippen LogP contribution in [0.5, 0.6) is 0 Å². The highest BCUT2D eigenvalue weighted by Gasteiger charge is 2.44. The van der Waals surface area contributed by atoms with E-state index < -0.39 is 0 Å². The summed E-state index contributed by atoms with van der Waals surface area (Å²) < 4.78 is 13.5. The predicted molar refractivity (Wildman–Crippen MR) is 76.8 cm³/mol. The number of ether oxygens (including phenoxy) is 2. The molecule has 2 atom stereocenters. The molecule has 17 heavy (non-hydrogen) atoms. The molecule has 2 unspecified atom stereocenters. The second-order valence-corrected chi connectivity index (χ2v) is 5.66. The number of halogens is 1. The van der Waals surface area contributed by atoms with Gasteiger partial charge in [0.05, 0.1) is 6.10 Å². The summed E-state index contributed by atoms with van der Waals surface area (Å²) in [4.78, 5) is 0. The normalized spacial score (nSPS) is 27.3. The Morgan fingerprint density at radius 3 is 2.35 bits per heavy atom. The molecule has 1 aliphatic heterocycles. The molecule has 1 aromatic carbocycles. The van der Waals surface area contributed by atoms with Crippen LogP contribution in [0.25, 0.3) is 0 Å². The van der Waals surface area contributed by atoms with Gasteiger partial charge in [-0.25, -0.2) is 0 Å². The van der Waals surface area contributed by atoms with E-state index in [-0.39, 0.29) is 18.0 Å². The quantitative estimate of drug-likeness (QED) is 0.761. The van der Waals surface area contributed by atoms with Gasteiger partial charge >= 0.3 is 0 Å². The summed E-state index contributed by atoms with van der Waals surface area (Å²) in [5.74, 6) is -0.386. The Labute approximate surface area is 117 Å². The van der Waals surface area contributed by atoms with Crippen molar-refractivity contribution in [1.82, 2.24) is 0 Å². The van der Waals surface area contributed by atoms with Gasteiger partial charge in [0.15, 0.2) is 5.79 Å². The maximum atomic E-state index is 6.20. The van der Waals surface area contributed by atoms with E-state index >= 15 is 0 Å². The van der Waals surface area contributed by atoms with Crippen LogP contribution in [0.2, 0.25) is 0 Å². The van der Waals surface area contributed by atoms with Crippen LogP contribution in [0.15, 0.2) is 24.3 Å². The summed E-state index contributed by atoms with van der Waals surface area (Å²) in [5.41, 5.74) is 1.24. The Morgan fingerprint density at radius 2 is 1.82 bits per heavy atom. The molecule has 0 N–H and O–H groups in total. The van der Waals surface area contributed by atoms with Gasteiger partial charge in [-0.3, -0.25) is 0 Å². The Kier molecular flexibility index (Phi) is 4.10. The van der Waals surface area contributed by atoms with E-state index in [0.717, 1.165) is 12.8 Å². The van der Waals surface area contributed by atoms with E-state index in [1.165, 1.54) is 9.13 Å². The molecule has 1 heterocycles. The molecule has 2 rings (SSSR count). The monoisotopic (exact) mass is 346 g/mol. The van der Waals surface area contributed by atoms with Crippen molar-refractivity contribution >= 4 is 22.6 Å². The van der Waals surface area contributed by atoms with Crippen LogP contribution in [0.1, 0.15) is 45.3 Å². The lowest BCUT2D eigenvalue weighted by atomic mass is 10.1. The fourth-order valence-electron chi connectivity index (χ4n) is 2.36. The number of rotatable bonds is 3. The standard InChI is InChI=1S/C14H19IO2/c1-4-14(5-2)16-10(3)13(17-14)11-8-6-7-9-12(11)15/h6-10,13H,4-5H2,1-3H3. The van der Waals surface area contributed by atoms with E-state index in [1.807, 2.05) is 0 Å². The van der Waals surface area contributed by atoms with Crippen molar-refractivity contribution in [2.45, 2.75) is 51.6 Å². The largest absolute Gasteiger partial charge is 0.344 e. The fourth-order valence-corrected chi connectivity index (χ4v) is 3.06. The van der Waals surface area contributed by atoms with E-state index in [2.05, 4.69) is 67.6 Å². The molecule has 1 aliphatic rings. The molecule has 0 radical (unpaired) electrons. The SMILES string of the molecule is CCC1(CC)OC(C)C(c2ccccc2I)O1. The van der Waals surface area contributed by atoms with Crippen LogP contribution in [-0.4, -0.2) is 11.9 Å². The smallest absolute Gasteiger partial charge is 0.169 e. The van der Waals surface area contributed by atoms with Crippen molar-refractivity contribution in [3.8, 4) is 0 Å². The Morgan fingerprint density at radius 1 is 1.18 bits per heavy atom. The lowest BCUT2D eigenvalue weighted by Crippen LogP contribution is -2.28. The molecule has 1 saturated heterocycles. The summed E-state index contributed by atoms with van der Waals surface area (Å²) in [5, 5.41) is 0. The summed E-state index contributed by atoms with van der Waals surface area (Å²) in [7, 11) is 0. The Balaban J connectivity index is 2.27. The van der Waals surface area contributed by atoms with Crippen molar-refractivity contribution in [1.29, 1.82) is 0 Å². The minimum atomic E-state index is -0.386. The topological polar surface area (TPSA) is 18.5 Å². The summed E-state index contributed by atoms with van der Waals surface area (Å²) >= 11 is 2.36. The van der Waals surface area contributed by atoms with Crippen molar-refractivity contribution in [2.24, 2.45) is 0 Å². The van der Waals surface area contributed by atoms with E-state index in [0.29, 0.717) is 0 Å². The third-order valence-corrected chi connectivity index (χ3v) is 4.44. The maximum absolute atomic E-state index is 6.20. The van der Waals surface area contributed by atoms with Crippen LogP contribution in [-0.2, 0) is 9.47 Å². The molecular weight excluding hydrogens is 327 g/mol. The van der Waals surface area contributed by atoms with E-state index in [9.17, 15) is 0 Å². The molecule has 0 saturated carbocycles. The first-order valence-corrected chi connectivity index (χ1v) is 7.30. The van der Waals surface area contributed by atoms with Gasteiger partial charge in [-0.1, -0.05) is 32.0 Å². The molecule has 1 fully saturated rings. The van der Waals surface area contributed by atoms with Gasteiger partial charge in [0.2, 0.25) is 0 Å². The van der Waals surface area contributed by atoms with Gasteiger partial charge in [-0.2, -0.15) is 0 Å². The highest BCUT2D eigenvalue weighted by molar-refractivity contribution is 14.1. The second kappa shape index (κ2) is 5.24. The molecule has 1 aromatic rings. The zero-order valence-electron chi connectivity index (χ0n) is 10.6. The first kappa shape index (κ1) is 13.3. The van der Waals surface area contributed by atoms with Gasteiger partial charge in [0.25, 0.3) is 0 Å². The molecular formula is C14H19IO2.